The minimum atomic E-state index is -0.292. The SMILES string of the molecule is CCC(C)[C@H](c1ccc(F)c(OC)c1)N1CCNCC1. The van der Waals surface area contributed by atoms with Gasteiger partial charge in [0.15, 0.2) is 11.6 Å². The van der Waals surface area contributed by atoms with Crippen molar-refractivity contribution in [1.29, 1.82) is 0 Å². The molecule has 1 fully saturated rings. The zero-order valence-corrected chi connectivity index (χ0v) is 12.7. The zero-order valence-electron chi connectivity index (χ0n) is 12.7. The fourth-order valence-corrected chi connectivity index (χ4v) is 2.94. The van der Waals surface area contributed by atoms with Crippen molar-refractivity contribution in [3.05, 3.63) is 29.6 Å². The Kier molecular flexibility index (Phi) is 5.38. The van der Waals surface area contributed by atoms with Crippen molar-refractivity contribution in [3.63, 3.8) is 0 Å². The van der Waals surface area contributed by atoms with Crippen LogP contribution in [-0.2, 0) is 0 Å². The van der Waals surface area contributed by atoms with Crippen LogP contribution in [0.5, 0.6) is 5.75 Å². The molecule has 1 aromatic rings. The molecule has 1 aromatic carbocycles. The van der Waals surface area contributed by atoms with Crippen LogP contribution in [0.25, 0.3) is 0 Å². The van der Waals surface area contributed by atoms with Crippen molar-refractivity contribution in [2.75, 3.05) is 33.3 Å². The van der Waals surface area contributed by atoms with Gasteiger partial charge in [0, 0.05) is 32.2 Å². The van der Waals surface area contributed by atoms with Crippen molar-refractivity contribution in [2.45, 2.75) is 26.3 Å². The summed E-state index contributed by atoms with van der Waals surface area (Å²) in [7, 11) is 1.52. The molecule has 0 bridgehead atoms. The Hall–Kier alpha value is -1.13. The molecule has 1 aliphatic rings. The first-order chi connectivity index (χ1) is 9.67. The van der Waals surface area contributed by atoms with Crippen molar-refractivity contribution in [3.8, 4) is 5.75 Å². The lowest BCUT2D eigenvalue weighted by Gasteiger charge is -2.38. The number of nitrogens with zero attached hydrogens (tertiary/aromatic N) is 1. The first-order valence-electron chi connectivity index (χ1n) is 7.45. The van der Waals surface area contributed by atoms with Crippen LogP contribution in [0.3, 0.4) is 0 Å². The van der Waals surface area contributed by atoms with Gasteiger partial charge in [0.25, 0.3) is 0 Å². The molecule has 112 valence electrons. The largest absolute Gasteiger partial charge is 0.494 e. The van der Waals surface area contributed by atoms with Crippen LogP contribution in [0, 0.1) is 11.7 Å². The van der Waals surface area contributed by atoms with E-state index in [1.165, 1.54) is 13.2 Å². The van der Waals surface area contributed by atoms with Crippen LogP contribution < -0.4 is 10.1 Å². The summed E-state index contributed by atoms with van der Waals surface area (Å²) in [6.45, 7) is 8.59. The van der Waals surface area contributed by atoms with Gasteiger partial charge >= 0.3 is 0 Å². The van der Waals surface area contributed by atoms with E-state index in [0.717, 1.165) is 38.2 Å². The average molecular weight is 280 g/mol. The minimum absolute atomic E-state index is 0.292. The normalized spacial score (nSPS) is 19.6. The van der Waals surface area contributed by atoms with E-state index in [1.807, 2.05) is 12.1 Å². The third-order valence-corrected chi connectivity index (χ3v) is 4.24. The molecule has 0 radical (unpaired) electrons. The Bertz CT molecular complexity index is 432. The first kappa shape index (κ1) is 15.3. The topological polar surface area (TPSA) is 24.5 Å². The van der Waals surface area contributed by atoms with Crippen molar-refractivity contribution in [1.82, 2.24) is 10.2 Å². The van der Waals surface area contributed by atoms with Gasteiger partial charge in [-0.05, 0) is 23.6 Å². The molecule has 0 amide bonds. The number of rotatable bonds is 5. The summed E-state index contributed by atoms with van der Waals surface area (Å²) in [5, 5.41) is 3.38. The van der Waals surface area contributed by atoms with E-state index in [2.05, 4.69) is 24.1 Å². The number of piperazine rings is 1. The Balaban J connectivity index is 2.30. The summed E-state index contributed by atoms with van der Waals surface area (Å²) in [5.41, 5.74) is 1.15. The molecule has 0 spiro atoms. The summed E-state index contributed by atoms with van der Waals surface area (Å²) in [6, 6.07) is 5.60. The van der Waals surface area contributed by atoms with Crippen LogP contribution in [0.4, 0.5) is 4.39 Å². The van der Waals surface area contributed by atoms with Gasteiger partial charge in [0.1, 0.15) is 0 Å². The minimum Gasteiger partial charge on any atom is -0.494 e. The number of methoxy groups -OCH3 is 1. The monoisotopic (exact) mass is 280 g/mol. The van der Waals surface area contributed by atoms with Crippen molar-refractivity contribution < 1.29 is 9.13 Å². The van der Waals surface area contributed by atoms with E-state index in [9.17, 15) is 4.39 Å². The standard InChI is InChI=1S/C16H25FN2O/c1-4-12(2)16(19-9-7-18-8-10-19)13-5-6-14(17)15(11-13)20-3/h5-6,11-12,16,18H,4,7-10H2,1-3H3/t12?,16-/m1/s1. The van der Waals surface area contributed by atoms with E-state index in [0.29, 0.717) is 17.7 Å². The predicted molar refractivity (Wildman–Crippen MR) is 79.6 cm³/mol. The van der Waals surface area contributed by atoms with E-state index >= 15 is 0 Å². The Labute approximate surface area is 121 Å². The van der Waals surface area contributed by atoms with Gasteiger partial charge in [-0.15, -0.1) is 0 Å². The van der Waals surface area contributed by atoms with Gasteiger partial charge in [-0.3, -0.25) is 4.90 Å². The van der Waals surface area contributed by atoms with Gasteiger partial charge in [-0.2, -0.15) is 0 Å². The Morgan fingerprint density at radius 3 is 2.65 bits per heavy atom. The second-order valence-corrected chi connectivity index (χ2v) is 5.51. The highest BCUT2D eigenvalue weighted by Gasteiger charge is 2.27. The molecule has 0 aromatic heterocycles. The number of nitrogens with one attached hydrogen (secondary N) is 1. The smallest absolute Gasteiger partial charge is 0.165 e. The number of benzene rings is 1. The molecule has 0 saturated carbocycles. The molecular formula is C16H25FN2O. The molecule has 2 rings (SSSR count). The second kappa shape index (κ2) is 7.04. The highest BCUT2D eigenvalue weighted by Crippen LogP contribution is 2.33. The quantitative estimate of drug-likeness (QED) is 0.897. The number of hydrogen-bond donors (Lipinski definition) is 1. The van der Waals surface area contributed by atoms with Crippen molar-refractivity contribution >= 4 is 0 Å². The van der Waals surface area contributed by atoms with Gasteiger partial charge < -0.3 is 10.1 Å². The summed E-state index contributed by atoms with van der Waals surface area (Å²) < 4.78 is 18.7. The molecule has 4 heteroatoms. The van der Waals surface area contributed by atoms with Crippen LogP contribution in [-0.4, -0.2) is 38.2 Å². The van der Waals surface area contributed by atoms with Gasteiger partial charge in [-0.25, -0.2) is 4.39 Å². The maximum absolute atomic E-state index is 13.6. The van der Waals surface area contributed by atoms with Crippen LogP contribution in [0.15, 0.2) is 18.2 Å². The highest BCUT2D eigenvalue weighted by molar-refractivity contribution is 5.32. The molecule has 2 atom stereocenters. The summed E-state index contributed by atoms with van der Waals surface area (Å²) >= 11 is 0. The summed E-state index contributed by atoms with van der Waals surface area (Å²) in [5.74, 6) is 0.577. The lowest BCUT2D eigenvalue weighted by molar-refractivity contribution is 0.128. The van der Waals surface area contributed by atoms with Gasteiger partial charge in [-0.1, -0.05) is 26.3 Å². The summed E-state index contributed by atoms with van der Waals surface area (Å²) in [6.07, 6.45) is 1.11. The van der Waals surface area contributed by atoms with Gasteiger partial charge in [0.2, 0.25) is 0 Å². The fraction of sp³-hybridized carbons (Fsp3) is 0.625. The fourth-order valence-electron chi connectivity index (χ4n) is 2.94. The highest BCUT2D eigenvalue weighted by atomic mass is 19.1. The number of halogens is 1. The lowest BCUT2D eigenvalue weighted by atomic mass is 9.90. The van der Waals surface area contributed by atoms with Crippen LogP contribution in [0.1, 0.15) is 31.9 Å². The Morgan fingerprint density at radius 2 is 2.05 bits per heavy atom. The summed E-state index contributed by atoms with van der Waals surface area (Å²) in [4.78, 5) is 2.50. The van der Waals surface area contributed by atoms with E-state index in [-0.39, 0.29) is 5.82 Å². The maximum atomic E-state index is 13.6. The predicted octanol–water partition coefficient (Wildman–Crippen LogP) is 2.83. The second-order valence-electron chi connectivity index (χ2n) is 5.51. The number of hydrogen-bond acceptors (Lipinski definition) is 3. The molecule has 20 heavy (non-hydrogen) atoms. The molecule has 1 saturated heterocycles. The molecule has 1 N–H and O–H groups in total. The van der Waals surface area contributed by atoms with Crippen LogP contribution in [0.2, 0.25) is 0 Å². The van der Waals surface area contributed by atoms with E-state index in [1.54, 1.807) is 0 Å². The third kappa shape index (κ3) is 3.30. The molecular weight excluding hydrogens is 255 g/mol. The Morgan fingerprint density at radius 1 is 1.35 bits per heavy atom. The molecule has 1 heterocycles. The number of ether oxygens (including phenoxy) is 1. The molecule has 3 nitrogen and oxygen atoms in total. The molecule has 1 aliphatic heterocycles. The zero-order chi connectivity index (χ0) is 14.5. The van der Waals surface area contributed by atoms with E-state index in [4.69, 9.17) is 4.74 Å². The average Bonchev–Trinajstić information content (AvgIpc) is 2.50. The maximum Gasteiger partial charge on any atom is 0.165 e. The van der Waals surface area contributed by atoms with Gasteiger partial charge in [0.05, 0.1) is 7.11 Å². The third-order valence-electron chi connectivity index (χ3n) is 4.24. The first-order valence-corrected chi connectivity index (χ1v) is 7.45. The van der Waals surface area contributed by atoms with Crippen molar-refractivity contribution in [2.24, 2.45) is 5.92 Å². The molecule has 0 aliphatic carbocycles. The van der Waals surface area contributed by atoms with Crippen LogP contribution >= 0.6 is 0 Å². The lowest BCUT2D eigenvalue weighted by Crippen LogP contribution is -2.46. The molecule has 1 unspecified atom stereocenters. The van der Waals surface area contributed by atoms with E-state index < -0.39 is 0 Å².